The van der Waals surface area contributed by atoms with Gasteiger partial charge in [-0.15, -0.1) is 0 Å². The molecular weight excluding hydrogens is 338 g/mol. The molecule has 0 radical (unpaired) electrons. The first-order valence-corrected chi connectivity index (χ1v) is 9.22. The van der Waals surface area contributed by atoms with Crippen LogP contribution in [0.25, 0.3) is 10.8 Å². The molecule has 0 spiro atoms. The van der Waals surface area contributed by atoms with Crippen LogP contribution in [0.2, 0.25) is 0 Å². The van der Waals surface area contributed by atoms with E-state index >= 15 is 0 Å². The predicted octanol–water partition coefficient (Wildman–Crippen LogP) is 3.00. The highest BCUT2D eigenvalue weighted by molar-refractivity contribution is 5.97. The number of nitrogens with zero attached hydrogens (tertiary/aromatic N) is 2. The van der Waals surface area contributed by atoms with Crippen LogP contribution in [0.15, 0.2) is 54.6 Å². The molecule has 3 N–H and O–H groups in total. The van der Waals surface area contributed by atoms with Crippen LogP contribution in [0.5, 0.6) is 0 Å². The zero-order valence-electron chi connectivity index (χ0n) is 15.3. The van der Waals surface area contributed by atoms with Gasteiger partial charge in [-0.25, -0.2) is 4.98 Å². The number of aryl methyl sites for hydroxylation is 1. The third-order valence-corrected chi connectivity index (χ3v) is 5.36. The van der Waals surface area contributed by atoms with Crippen molar-refractivity contribution in [3.05, 3.63) is 71.4 Å². The lowest BCUT2D eigenvalue weighted by molar-refractivity contribution is 0.0998. The van der Waals surface area contributed by atoms with Gasteiger partial charge >= 0.3 is 0 Å². The van der Waals surface area contributed by atoms with Crippen molar-refractivity contribution < 1.29 is 9.90 Å². The van der Waals surface area contributed by atoms with Crippen molar-refractivity contribution in [2.24, 2.45) is 5.73 Å². The number of fused-ring (bicyclic) bond motifs is 1. The number of carbonyl (C=O) groups is 1. The molecule has 0 unspecified atom stereocenters. The maximum absolute atomic E-state index is 11.8. The number of carbonyl (C=O) groups excluding carboxylic acids is 1. The Morgan fingerprint density at radius 2 is 1.93 bits per heavy atom. The second-order valence-corrected chi connectivity index (χ2v) is 7.20. The third-order valence-electron chi connectivity index (χ3n) is 5.36. The molecule has 1 amide bonds. The fourth-order valence-corrected chi connectivity index (χ4v) is 3.93. The predicted molar refractivity (Wildman–Crippen MR) is 107 cm³/mol. The minimum absolute atomic E-state index is 0.0627. The van der Waals surface area contributed by atoms with Crippen molar-refractivity contribution in [2.45, 2.75) is 25.4 Å². The van der Waals surface area contributed by atoms with Crippen molar-refractivity contribution in [3.63, 3.8) is 0 Å². The van der Waals surface area contributed by atoms with Gasteiger partial charge in [-0.05, 0) is 41.8 Å². The van der Waals surface area contributed by atoms with Crippen molar-refractivity contribution >= 4 is 22.5 Å². The van der Waals surface area contributed by atoms with E-state index in [0.29, 0.717) is 24.5 Å². The Bertz CT molecular complexity index is 1000. The van der Waals surface area contributed by atoms with Gasteiger partial charge in [0, 0.05) is 24.7 Å². The Morgan fingerprint density at radius 3 is 2.67 bits per heavy atom. The minimum Gasteiger partial charge on any atom is -0.391 e. The van der Waals surface area contributed by atoms with Crippen LogP contribution in [-0.2, 0) is 0 Å². The van der Waals surface area contributed by atoms with Crippen LogP contribution in [0.3, 0.4) is 0 Å². The van der Waals surface area contributed by atoms with Crippen LogP contribution < -0.4 is 10.6 Å². The van der Waals surface area contributed by atoms with Gasteiger partial charge in [0.1, 0.15) is 5.82 Å². The molecule has 1 saturated heterocycles. The lowest BCUT2D eigenvalue weighted by Gasteiger charge is -2.37. The first-order valence-electron chi connectivity index (χ1n) is 9.22. The number of aliphatic hydroxyl groups excluding tert-OH is 1. The summed E-state index contributed by atoms with van der Waals surface area (Å²) in [5.41, 5.74) is 7.88. The number of amides is 1. The van der Waals surface area contributed by atoms with E-state index in [1.807, 2.05) is 24.0 Å². The fraction of sp³-hybridized carbons (Fsp3) is 0.273. The first kappa shape index (κ1) is 17.5. The highest BCUT2D eigenvalue weighted by Crippen LogP contribution is 2.33. The molecule has 1 fully saturated rings. The number of nitrogens with two attached hydrogens (primary N) is 1. The molecule has 138 valence electrons. The number of piperidine rings is 1. The summed E-state index contributed by atoms with van der Waals surface area (Å²) in [7, 11) is 0. The molecule has 27 heavy (non-hydrogen) atoms. The van der Waals surface area contributed by atoms with Crippen molar-refractivity contribution in [2.75, 3.05) is 18.0 Å². The highest BCUT2D eigenvalue weighted by Gasteiger charge is 2.31. The Hall–Kier alpha value is -2.92. The van der Waals surface area contributed by atoms with Crippen LogP contribution in [0.1, 0.15) is 34.0 Å². The third kappa shape index (κ3) is 3.38. The molecule has 4 rings (SSSR count). The average molecular weight is 361 g/mol. The molecule has 1 aliphatic rings. The number of hydrogen-bond donors (Lipinski definition) is 2. The zero-order chi connectivity index (χ0) is 19.0. The fourth-order valence-electron chi connectivity index (χ4n) is 3.93. The standard InChI is InChI=1S/C22H23N3O2/c1-14-6-9-19(21(23)27)22(24-14)25-11-10-18(20(26)13-25)17-8-7-15-4-2-3-5-16(15)12-17/h2-9,12,18,20,26H,10-11,13H2,1H3,(H2,23,27)/t18-,20+/m0/s1. The molecule has 2 aromatic carbocycles. The second-order valence-electron chi connectivity index (χ2n) is 7.20. The molecule has 1 aliphatic heterocycles. The first-order chi connectivity index (χ1) is 13.0. The number of anilines is 1. The summed E-state index contributed by atoms with van der Waals surface area (Å²) in [5, 5.41) is 13.2. The Morgan fingerprint density at radius 1 is 1.15 bits per heavy atom. The number of rotatable bonds is 3. The van der Waals surface area contributed by atoms with E-state index in [4.69, 9.17) is 5.73 Å². The van der Waals surface area contributed by atoms with E-state index in [1.165, 1.54) is 10.8 Å². The lowest BCUT2D eigenvalue weighted by Crippen LogP contribution is -2.44. The number of aromatic nitrogens is 1. The normalized spacial score (nSPS) is 20.0. The smallest absolute Gasteiger partial charge is 0.252 e. The van der Waals surface area contributed by atoms with Crippen LogP contribution >= 0.6 is 0 Å². The van der Waals surface area contributed by atoms with Crippen molar-refractivity contribution in [1.82, 2.24) is 4.98 Å². The molecule has 0 saturated carbocycles. The molecule has 5 heteroatoms. The van der Waals surface area contributed by atoms with Crippen LogP contribution in [0.4, 0.5) is 5.82 Å². The summed E-state index contributed by atoms with van der Waals surface area (Å²) in [6, 6.07) is 18.1. The number of hydrogen-bond acceptors (Lipinski definition) is 4. The van der Waals surface area contributed by atoms with E-state index in [-0.39, 0.29) is 5.92 Å². The second kappa shape index (κ2) is 7.00. The molecular formula is C22H23N3O2. The Balaban J connectivity index is 1.59. The number of benzene rings is 2. The average Bonchev–Trinajstić information content (AvgIpc) is 2.67. The summed E-state index contributed by atoms with van der Waals surface area (Å²) < 4.78 is 0. The van der Waals surface area contributed by atoms with Crippen LogP contribution in [0, 0.1) is 6.92 Å². The number of aliphatic hydroxyl groups is 1. The monoisotopic (exact) mass is 361 g/mol. The maximum Gasteiger partial charge on any atom is 0.252 e. The van der Waals surface area contributed by atoms with Gasteiger partial charge in [-0.3, -0.25) is 4.79 Å². The van der Waals surface area contributed by atoms with E-state index in [1.54, 1.807) is 12.1 Å². The SMILES string of the molecule is Cc1ccc(C(N)=O)c(N2CC[C@@H](c3ccc4ccccc4c3)[C@H](O)C2)n1. The topological polar surface area (TPSA) is 79.5 Å². The number of β-amino-alcohol motifs (C(OH)–C–C–N with tert-alkyl or cyclic N) is 1. The highest BCUT2D eigenvalue weighted by atomic mass is 16.3. The molecule has 2 atom stereocenters. The summed E-state index contributed by atoms with van der Waals surface area (Å²) in [6.45, 7) is 3.02. The van der Waals surface area contributed by atoms with Gasteiger partial charge in [-0.1, -0.05) is 42.5 Å². The van der Waals surface area contributed by atoms with E-state index < -0.39 is 12.0 Å². The number of primary amides is 1. The summed E-state index contributed by atoms with van der Waals surface area (Å²) in [6.07, 6.45) is 0.246. The van der Waals surface area contributed by atoms with Gasteiger partial charge < -0.3 is 15.7 Å². The van der Waals surface area contributed by atoms with Gasteiger partial charge in [0.05, 0.1) is 11.7 Å². The summed E-state index contributed by atoms with van der Waals surface area (Å²) in [4.78, 5) is 18.2. The summed E-state index contributed by atoms with van der Waals surface area (Å²) >= 11 is 0. The Labute approximate surface area is 158 Å². The minimum atomic E-state index is -0.539. The van der Waals surface area contributed by atoms with Crippen molar-refractivity contribution in [3.8, 4) is 0 Å². The molecule has 1 aromatic heterocycles. The lowest BCUT2D eigenvalue weighted by atomic mass is 9.86. The van der Waals surface area contributed by atoms with Crippen LogP contribution in [-0.4, -0.2) is 35.2 Å². The molecule has 0 bridgehead atoms. The van der Waals surface area contributed by atoms with Crippen molar-refractivity contribution in [1.29, 1.82) is 0 Å². The van der Waals surface area contributed by atoms with E-state index in [2.05, 4.69) is 35.3 Å². The molecule has 5 nitrogen and oxygen atoms in total. The largest absolute Gasteiger partial charge is 0.391 e. The molecule has 0 aliphatic carbocycles. The van der Waals surface area contributed by atoms with Gasteiger partial charge in [-0.2, -0.15) is 0 Å². The molecule has 2 heterocycles. The van der Waals surface area contributed by atoms with E-state index in [0.717, 1.165) is 17.7 Å². The summed E-state index contributed by atoms with van der Waals surface area (Å²) in [5.74, 6) is 0.134. The van der Waals surface area contributed by atoms with Gasteiger partial charge in [0.15, 0.2) is 0 Å². The number of pyridine rings is 1. The van der Waals surface area contributed by atoms with Gasteiger partial charge in [0.2, 0.25) is 0 Å². The zero-order valence-corrected chi connectivity index (χ0v) is 15.3. The van der Waals surface area contributed by atoms with E-state index in [9.17, 15) is 9.90 Å². The quantitative estimate of drug-likeness (QED) is 0.752. The molecule has 3 aromatic rings. The van der Waals surface area contributed by atoms with Gasteiger partial charge in [0.25, 0.3) is 5.91 Å². The maximum atomic E-state index is 11.8. The Kier molecular flexibility index (Phi) is 4.54.